The quantitative estimate of drug-likeness (QED) is 0.252. The van der Waals surface area contributed by atoms with E-state index in [0.717, 1.165) is 57.3 Å². The predicted octanol–water partition coefficient (Wildman–Crippen LogP) is 0.680. The first-order valence-electron chi connectivity index (χ1n) is 10.8. The van der Waals surface area contributed by atoms with Crippen molar-refractivity contribution in [3.8, 4) is 0 Å². The van der Waals surface area contributed by atoms with Gasteiger partial charge in [-0.3, -0.25) is 14.5 Å². The molecule has 0 aromatic carbocycles. The number of halogens is 1. The van der Waals surface area contributed by atoms with Gasteiger partial charge in [-0.15, -0.1) is 24.0 Å². The fourth-order valence-corrected chi connectivity index (χ4v) is 3.90. The van der Waals surface area contributed by atoms with Crippen LogP contribution in [0.25, 0.3) is 0 Å². The molecular weight excluding hydrogens is 495 g/mol. The van der Waals surface area contributed by atoms with E-state index in [1.165, 1.54) is 19.5 Å². The van der Waals surface area contributed by atoms with E-state index in [4.69, 9.17) is 4.99 Å². The summed E-state index contributed by atoms with van der Waals surface area (Å²) in [6.07, 6.45) is 5.91. The summed E-state index contributed by atoms with van der Waals surface area (Å²) >= 11 is 0. The molecule has 170 valence electrons. The summed E-state index contributed by atoms with van der Waals surface area (Å²) in [7, 11) is 4.07. The monoisotopic (exact) mass is 532 g/mol. The van der Waals surface area contributed by atoms with Crippen LogP contribution in [0.3, 0.4) is 0 Å². The first kappa shape index (κ1) is 24.9. The van der Waals surface area contributed by atoms with Crippen molar-refractivity contribution in [1.82, 2.24) is 29.8 Å². The van der Waals surface area contributed by atoms with Crippen molar-refractivity contribution < 1.29 is 4.79 Å². The normalized spacial score (nSPS) is 19.6. The van der Waals surface area contributed by atoms with E-state index in [-0.39, 0.29) is 29.9 Å². The van der Waals surface area contributed by atoms with Crippen LogP contribution in [0.2, 0.25) is 0 Å². The number of aryl methyl sites for hydroxylation is 1. The molecule has 0 bridgehead atoms. The number of guanidine groups is 1. The minimum absolute atomic E-state index is 0. The van der Waals surface area contributed by atoms with E-state index in [1.807, 2.05) is 18.1 Å². The van der Waals surface area contributed by atoms with Crippen molar-refractivity contribution in [3.05, 3.63) is 12.4 Å². The second kappa shape index (κ2) is 12.5. The summed E-state index contributed by atoms with van der Waals surface area (Å²) in [6.45, 7) is 11.2. The highest BCUT2D eigenvalue weighted by atomic mass is 127. The van der Waals surface area contributed by atoms with Crippen LogP contribution < -0.4 is 10.2 Å². The van der Waals surface area contributed by atoms with Crippen molar-refractivity contribution in [1.29, 1.82) is 0 Å². The molecule has 2 saturated heterocycles. The van der Waals surface area contributed by atoms with Crippen molar-refractivity contribution in [2.24, 2.45) is 12.0 Å². The van der Waals surface area contributed by atoms with Gasteiger partial charge in [0.2, 0.25) is 5.91 Å². The number of amides is 1. The van der Waals surface area contributed by atoms with Crippen LogP contribution in [-0.4, -0.2) is 109 Å². The smallest absolute Gasteiger partial charge is 0.246 e. The van der Waals surface area contributed by atoms with Gasteiger partial charge in [-0.25, -0.2) is 0 Å². The number of rotatable bonds is 6. The molecule has 1 amide bonds. The van der Waals surface area contributed by atoms with Crippen LogP contribution in [-0.2, 0) is 11.8 Å². The van der Waals surface area contributed by atoms with Gasteiger partial charge in [-0.2, -0.15) is 5.10 Å². The Hall–Kier alpha value is -1.40. The summed E-state index contributed by atoms with van der Waals surface area (Å²) in [5, 5.41) is 7.53. The molecule has 2 aliphatic rings. The van der Waals surface area contributed by atoms with E-state index in [9.17, 15) is 4.79 Å². The predicted molar refractivity (Wildman–Crippen MR) is 132 cm³/mol. The fraction of sp³-hybridized carbons (Fsp3) is 0.750. The largest absolute Gasteiger partial charge is 0.357 e. The van der Waals surface area contributed by atoms with Gasteiger partial charge in [0.1, 0.15) is 6.54 Å². The number of likely N-dealkylation sites (N-methyl/N-ethyl adjacent to an activating group) is 1. The van der Waals surface area contributed by atoms with Crippen LogP contribution in [0.1, 0.15) is 19.8 Å². The lowest BCUT2D eigenvalue weighted by Crippen LogP contribution is -2.55. The maximum Gasteiger partial charge on any atom is 0.246 e. The topological polar surface area (TPSA) is 72.2 Å². The van der Waals surface area contributed by atoms with Crippen LogP contribution in [0, 0.1) is 0 Å². The number of nitrogens with one attached hydrogen (secondary N) is 1. The summed E-state index contributed by atoms with van der Waals surface area (Å²) in [5.41, 5.74) is 0.863. The van der Waals surface area contributed by atoms with Crippen LogP contribution in [0.15, 0.2) is 17.4 Å². The number of anilines is 1. The van der Waals surface area contributed by atoms with Crippen molar-refractivity contribution >= 4 is 41.5 Å². The lowest BCUT2D eigenvalue weighted by molar-refractivity contribution is -0.120. The van der Waals surface area contributed by atoms with Gasteiger partial charge in [-0.05, 0) is 46.4 Å². The average Bonchev–Trinajstić information content (AvgIpc) is 3.02. The zero-order valence-corrected chi connectivity index (χ0v) is 20.9. The maximum atomic E-state index is 12.7. The lowest BCUT2D eigenvalue weighted by Gasteiger charge is -2.35. The molecule has 0 atom stereocenters. The minimum Gasteiger partial charge on any atom is -0.357 e. The SMILES string of the molecule is CCNC(=NCCCN1CCCN(C)CC1)N1CCN(c2cnn(C)c2)C(=O)C1.I. The number of carbonyl (C=O) groups is 1. The molecule has 3 heterocycles. The van der Waals surface area contributed by atoms with Gasteiger partial charge in [0.05, 0.1) is 11.9 Å². The Morgan fingerprint density at radius 1 is 1.17 bits per heavy atom. The molecule has 0 saturated carbocycles. The highest BCUT2D eigenvalue weighted by Gasteiger charge is 2.27. The molecule has 2 aliphatic heterocycles. The molecule has 3 rings (SSSR count). The second-order valence-corrected chi connectivity index (χ2v) is 7.93. The highest BCUT2D eigenvalue weighted by molar-refractivity contribution is 14.0. The molecule has 30 heavy (non-hydrogen) atoms. The zero-order valence-electron chi connectivity index (χ0n) is 18.6. The van der Waals surface area contributed by atoms with Crippen molar-refractivity contribution in [3.63, 3.8) is 0 Å². The number of aliphatic imine (C=N–C) groups is 1. The van der Waals surface area contributed by atoms with Crippen molar-refractivity contribution in [2.45, 2.75) is 19.8 Å². The number of piperazine rings is 1. The van der Waals surface area contributed by atoms with Crippen LogP contribution >= 0.6 is 24.0 Å². The molecule has 1 aromatic heterocycles. The van der Waals surface area contributed by atoms with Gasteiger partial charge in [0, 0.05) is 52.5 Å². The van der Waals surface area contributed by atoms with Gasteiger partial charge in [-0.1, -0.05) is 0 Å². The second-order valence-electron chi connectivity index (χ2n) is 7.93. The van der Waals surface area contributed by atoms with Crippen LogP contribution in [0.5, 0.6) is 0 Å². The maximum absolute atomic E-state index is 12.7. The van der Waals surface area contributed by atoms with Gasteiger partial charge < -0.3 is 24.9 Å². The Morgan fingerprint density at radius 2 is 2.00 bits per heavy atom. The number of hydrogen-bond donors (Lipinski definition) is 1. The van der Waals surface area contributed by atoms with E-state index in [0.29, 0.717) is 13.1 Å². The Morgan fingerprint density at radius 3 is 2.70 bits per heavy atom. The lowest BCUT2D eigenvalue weighted by atomic mass is 10.3. The van der Waals surface area contributed by atoms with E-state index in [1.54, 1.807) is 10.9 Å². The average molecular weight is 532 g/mol. The Labute approximate surface area is 197 Å². The van der Waals surface area contributed by atoms with Gasteiger partial charge >= 0.3 is 0 Å². The first-order valence-corrected chi connectivity index (χ1v) is 10.8. The molecule has 1 N–H and O–H groups in total. The molecule has 0 aliphatic carbocycles. The fourth-order valence-electron chi connectivity index (χ4n) is 3.90. The molecule has 0 spiro atoms. The number of nitrogens with zero attached hydrogens (tertiary/aromatic N) is 7. The third-order valence-electron chi connectivity index (χ3n) is 5.56. The molecule has 9 nitrogen and oxygen atoms in total. The summed E-state index contributed by atoms with van der Waals surface area (Å²) in [5.74, 6) is 0.936. The van der Waals surface area contributed by atoms with Gasteiger partial charge in [0.25, 0.3) is 0 Å². The summed E-state index contributed by atoms with van der Waals surface area (Å²) in [6, 6.07) is 0. The molecule has 0 radical (unpaired) electrons. The number of aromatic nitrogens is 2. The molecule has 0 unspecified atom stereocenters. The first-order chi connectivity index (χ1) is 14.1. The number of carbonyl (C=O) groups excluding carboxylic acids is 1. The summed E-state index contributed by atoms with van der Waals surface area (Å²) in [4.78, 5) is 26.3. The Balaban J connectivity index is 0.00000320. The third kappa shape index (κ3) is 7.09. The molecule has 2 fully saturated rings. The van der Waals surface area contributed by atoms with E-state index in [2.05, 4.69) is 39.1 Å². The minimum atomic E-state index is 0. The van der Waals surface area contributed by atoms with E-state index >= 15 is 0 Å². The Kier molecular flexibility index (Phi) is 10.3. The van der Waals surface area contributed by atoms with Crippen LogP contribution in [0.4, 0.5) is 5.69 Å². The number of hydrogen-bond acceptors (Lipinski definition) is 5. The van der Waals surface area contributed by atoms with Crippen molar-refractivity contribution in [2.75, 3.05) is 77.4 Å². The van der Waals surface area contributed by atoms with Gasteiger partial charge in [0.15, 0.2) is 5.96 Å². The Bertz CT molecular complexity index is 694. The molecule has 10 heteroatoms. The molecule has 1 aromatic rings. The highest BCUT2D eigenvalue weighted by Crippen LogP contribution is 2.16. The molecular formula is C20H37IN8O. The third-order valence-corrected chi connectivity index (χ3v) is 5.56. The zero-order chi connectivity index (χ0) is 20.6. The van der Waals surface area contributed by atoms with E-state index < -0.39 is 0 Å². The standard InChI is InChI=1S/C20H36N8O.HI/c1-4-21-20(22-7-5-9-26-10-6-8-24(2)11-12-26)27-13-14-28(19(29)17-27)18-15-23-25(3)16-18;/h15-16H,4-14,17H2,1-3H3,(H,21,22);1H. The summed E-state index contributed by atoms with van der Waals surface area (Å²) < 4.78 is 1.73.